The Kier molecular flexibility index (Phi) is 3.91. The predicted molar refractivity (Wildman–Crippen MR) is 75.9 cm³/mol. The van der Waals surface area contributed by atoms with Crippen molar-refractivity contribution in [3.8, 4) is 0 Å². The van der Waals surface area contributed by atoms with Crippen molar-refractivity contribution in [3.63, 3.8) is 0 Å². The first-order valence-corrected chi connectivity index (χ1v) is 7.25. The van der Waals surface area contributed by atoms with Crippen molar-refractivity contribution in [1.29, 1.82) is 0 Å². The number of fused-ring (bicyclic) bond motifs is 1. The van der Waals surface area contributed by atoms with E-state index in [9.17, 15) is 0 Å². The van der Waals surface area contributed by atoms with Crippen molar-refractivity contribution in [2.75, 3.05) is 0 Å². The molecule has 0 spiro atoms. The Morgan fingerprint density at radius 1 is 0.824 bits per heavy atom. The third kappa shape index (κ3) is 2.73. The van der Waals surface area contributed by atoms with Crippen LogP contribution in [-0.2, 0) is 12.8 Å². The molecule has 0 saturated heterocycles. The summed E-state index contributed by atoms with van der Waals surface area (Å²) in [7, 11) is 0. The highest BCUT2D eigenvalue weighted by atomic mass is 14.2. The van der Waals surface area contributed by atoms with Gasteiger partial charge in [-0.25, -0.2) is 0 Å². The van der Waals surface area contributed by atoms with Crippen molar-refractivity contribution in [1.82, 2.24) is 0 Å². The lowest BCUT2D eigenvalue weighted by molar-refractivity contribution is 0.708. The van der Waals surface area contributed by atoms with Gasteiger partial charge in [-0.3, -0.25) is 0 Å². The third-order valence-electron chi connectivity index (χ3n) is 4.06. The zero-order chi connectivity index (χ0) is 12.4. The largest absolute Gasteiger partial charge is 0.0587 e. The Hall–Kier alpha value is -0.780. The van der Waals surface area contributed by atoms with Gasteiger partial charge in [-0.2, -0.15) is 0 Å². The normalized spacial score (nSPS) is 16.1. The van der Waals surface area contributed by atoms with Crippen LogP contribution in [0.1, 0.15) is 81.0 Å². The van der Waals surface area contributed by atoms with Crippen LogP contribution in [0.5, 0.6) is 0 Å². The Morgan fingerprint density at radius 3 is 2.18 bits per heavy atom. The van der Waals surface area contributed by atoms with E-state index in [-0.39, 0.29) is 0 Å². The van der Waals surface area contributed by atoms with Crippen LogP contribution in [-0.4, -0.2) is 0 Å². The molecule has 0 amide bonds. The van der Waals surface area contributed by atoms with Gasteiger partial charge in [0, 0.05) is 0 Å². The summed E-state index contributed by atoms with van der Waals surface area (Å²) in [4.78, 5) is 0. The minimum atomic E-state index is 0.654. The molecule has 1 aromatic carbocycles. The van der Waals surface area contributed by atoms with Crippen LogP contribution in [0.15, 0.2) is 12.1 Å². The van der Waals surface area contributed by atoms with E-state index < -0.39 is 0 Å². The van der Waals surface area contributed by atoms with Crippen LogP contribution in [0, 0.1) is 0 Å². The fourth-order valence-electron chi connectivity index (χ4n) is 2.95. The Morgan fingerprint density at radius 2 is 1.53 bits per heavy atom. The summed E-state index contributed by atoms with van der Waals surface area (Å²) >= 11 is 0. The molecule has 0 saturated carbocycles. The Balaban J connectivity index is 2.51. The molecule has 94 valence electrons. The summed E-state index contributed by atoms with van der Waals surface area (Å²) < 4.78 is 0. The SMILES string of the molecule is CC(C)c1cc2c(c(C(C)C)c1)CCCCC2. The zero-order valence-electron chi connectivity index (χ0n) is 11.8. The molecule has 1 aliphatic rings. The number of hydrogen-bond donors (Lipinski definition) is 0. The zero-order valence-corrected chi connectivity index (χ0v) is 11.8. The summed E-state index contributed by atoms with van der Waals surface area (Å²) in [5.41, 5.74) is 6.49. The first-order valence-electron chi connectivity index (χ1n) is 7.25. The summed E-state index contributed by atoms with van der Waals surface area (Å²) in [6.45, 7) is 9.29. The van der Waals surface area contributed by atoms with Crippen molar-refractivity contribution in [2.24, 2.45) is 0 Å². The lowest BCUT2D eigenvalue weighted by atomic mass is 9.86. The molecule has 1 aliphatic carbocycles. The number of benzene rings is 1. The van der Waals surface area contributed by atoms with Gasteiger partial charge in [0.2, 0.25) is 0 Å². The quantitative estimate of drug-likeness (QED) is 0.612. The van der Waals surface area contributed by atoms with Gasteiger partial charge in [-0.15, -0.1) is 0 Å². The standard InChI is InChI=1S/C17H26/c1-12(2)15-10-14-8-6-5-7-9-16(14)17(11-15)13(3)4/h10-13H,5-9H2,1-4H3. The maximum Gasteiger partial charge on any atom is -0.0216 e. The van der Waals surface area contributed by atoms with Gasteiger partial charge in [0.25, 0.3) is 0 Å². The van der Waals surface area contributed by atoms with Crippen LogP contribution >= 0.6 is 0 Å². The first kappa shape index (κ1) is 12.7. The van der Waals surface area contributed by atoms with Crippen molar-refractivity contribution in [2.45, 2.75) is 71.6 Å². The van der Waals surface area contributed by atoms with Gasteiger partial charge in [-0.05, 0) is 59.8 Å². The molecule has 0 aromatic heterocycles. The fraction of sp³-hybridized carbons (Fsp3) is 0.647. The Labute approximate surface area is 106 Å². The van der Waals surface area contributed by atoms with Crippen molar-refractivity contribution >= 4 is 0 Å². The van der Waals surface area contributed by atoms with Gasteiger partial charge >= 0.3 is 0 Å². The van der Waals surface area contributed by atoms with Gasteiger partial charge in [0.15, 0.2) is 0 Å². The maximum atomic E-state index is 2.48. The molecule has 0 unspecified atom stereocenters. The second-order valence-electron chi connectivity index (χ2n) is 6.12. The summed E-state index contributed by atoms with van der Waals surface area (Å²) in [6, 6.07) is 4.96. The van der Waals surface area contributed by atoms with E-state index in [1.807, 2.05) is 0 Å². The molecular weight excluding hydrogens is 204 g/mol. The molecule has 0 aliphatic heterocycles. The van der Waals surface area contributed by atoms with Gasteiger partial charge in [-0.1, -0.05) is 46.2 Å². The molecule has 2 rings (SSSR count). The van der Waals surface area contributed by atoms with E-state index in [0.29, 0.717) is 11.8 Å². The summed E-state index contributed by atoms with van der Waals surface area (Å²) in [6.07, 6.45) is 6.78. The van der Waals surface area contributed by atoms with E-state index in [4.69, 9.17) is 0 Å². The molecule has 0 radical (unpaired) electrons. The van der Waals surface area contributed by atoms with Crippen molar-refractivity contribution < 1.29 is 0 Å². The number of rotatable bonds is 2. The molecule has 0 heterocycles. The number of hydrogen-bond acceptors (Lipinski definition) is 0. The van der Waals surface area contributed by atoms with E-state index in [1.165, 1.54) is 37.7 Å². The molecule has 0 nitrogen and oxygen atoms in total. The maximum absolute atomic E-state index is 2.48. The average molecular weight is 230 g/mol. The smallest absolute Gasteiger partial charge is 0.0216 e. The molecule has 0 N–H and O–H groups in total. The molecule has 0 fully saturated rings. The van der Waals surface area contributed by atoms with Gasteiger partial charge in [0.1, 0.15) is 0 Å². The van der Waals surface area contributed by atoms with Crippen molar-refractivity contribution in [3.05, 3.63) is 34.4 Å². The fourth-order valence-corrected chi connectivity index (χ4v) is 2.95. The molecule has 0 atom stereocenters. The van der Waals surface area contributed by atoms with Crippen LogP contribution in [0.2, 0.25) is 0 Å². The lowest BCUT2D eigenvalue weighted by Gasteiger charge is -2.19. The monoisotopic (exact) mass is 230 g/mol. The Bertz CT molecular complexity index is 385. The molecule has 0 bridgehead atoms. The summed E-state index contributed by atoms with van der Waals surface area (Å²) in [5, 5.41) is 0. The van der Waals surface area contributed by atoms with Gasteiger partial charge < -0.3 is 0 Å². The summed E-state index contributed by atoms with van der Waals surface area (Å²) in [5.74, 6) is 1.32. The third-order valence-corrected chi connectivity index (χ3v) is 4.06. The molecular formula is C17H26. The van der Waals surface area contributed by atoms with Crippen LogP contribution in [0.4, 0.5) is 0 Å². The lowest BCUT2D eigenvalue weighted by Crippen LogP contribution is -2.03. The minimum absolute atomic E-state index is 0.654. The highest BCUT2D eigenvalue weighted by molar-refractivity contribution is 5.42. The highest BCUT2D eigenvalue weighted by Gasteiger charge is 2.16. The van der Waals surface area contributed by atoms with Crippen LogP contribution in [0.3, 0.4) is 0 Å². The predicted octanol–water partition coefficient (Wildman–Crippen LogP) is 5.20. The van der Waals surface area contributed by atoms with Gasteiger partial charge in [0.05, 0.1) is 0 Å². The second kappa shape index (κ2) is 5.25. The number of aryl methyl sites for hydroxylation is 1. The molecule has 17 heavy (non-hydrogen) atoms. The minimum Gasteiger partial charge on any atom is -0.0587 e. The molecule has 1 aromatic rings. The topological polar surface area (TPSA) is 0 Å². The van der Waals surface area contributed by atoms with Crippen LogP contribution < -0.4 is 0 Å². The van der Waals surface area contributed by atoms with Crippen LogP contribution in [0.25, 0.3) is 0 Å². The average Bonchev–Trinajstić information content (AvgIpc) is 2.51. The first-order chi connectivity index (χ1) is 8.09. The molecule has 0 heteroatoms. The van der Waals surface area contributed by atoms with E-state index in [1.54, 1.807) is 16.7 Å². The van der Waals surface area contributed by atoms with E-state index in [2.05, 4.69) is 39.8 Å². The second-order valence-corrected chi connectivity index (χ2v) is 6.12. The van der Waals surface area contributed by atoms with E-state index in [0.717, 1.165) is 0 Å². The highest BCUT2D eigenvalue weighted by Crippen LogP contribution is 2.32. The van der Waals surface area contributed by atoms with E-state index >= 15 is 0 Å².